The highest BCUT2D eigenvalue weighted by Gasteiger charge is 2.36. The van der Waals surface area contributed by atoms with Crippen LogP contribution >= 0.6 is 0 Å². The van der Waals surface area contributed by atoms with Gasteiger partial charge < -0.3 is 15.2 Å². The van der Waals surface area contributed by atoms with Gasteiger partial charge in [-0.1, -0.05) is 36.4 Å². The first-order valence-electron chi connectivity index (χ1n) is 9.14. The van der Waals surface area contributed by atoms with Gasteiger partial charge in [0.2, 0.25) is 5.91 Å². The Morgan fingerprint density at radius 2 is 2.07 bits per heavy atom. The molecule has 0 aliphatic carbocycles. The Labute approximate surface area is 159 Å². The first-order valence-corrected chi connectivity index (χ1v) is 9.14. The van der Waals surface area contributed by atoms with Crippen LogP contribution in [0.2, 0.25) is 0 Å². The largest absolute Gasteiger partial charge is 0.480 e. The number of likely N-dealkylation sites (tertiary alicyclic amines) is 1. The number of amides is 2. The van der Waals surface area contributed by atoms with E-state index in [0.29, 0.717) is 38.6 Å². The third-order valence-electron chi connectivity index (χ3n) is 4.51. The van der Waals surface area contributed by atoms with Crippen molar-refractivity contribution >= 4 is 18.0 Å². The molecule has 0 unspecified atom stereocenters. The summed E-state index contributed by atoms with van der Waals surface area (Å²) in [7, 11) is 0. The Bertz CT molecular complexity index is 662. The quantitative estimate of drug-likeness (QED) is 0.512. The highest BCUT2D eigenvalue weighted by Crippen LogP contribution is 2.19. The maximum absolute atomic E-state index is 12.5. The van der Waals surface area contributed by atoms with E-state index in [0.717, 1.165) is 5.56 Å². The summed E-state index contributed by atoms with van der Waals surface area (Å²) in [5.74, 6) is -1.53. The molecule has 27 heavy (non-hydrogen) atoms. The first kappa shape index (κ1) is 20.5. The highest BCUT2D eigenvalue weighted by atomic mass is 16.6. The number of allylic oxidation sites excluding steroid dienone is 1. The van der Waals surface area contributed by atoms with Gasteiger partial charge in [-0.15, -0.1) is 6.58 Å². The van der Waals surface area contributed by atoms with E-state index >= 15 is 0 Å². The Balaban J connectivity index is 1.90. The summed E-state index contributed by atoms with van der Waals surface area (Å²) in [6.07, 6.45) is 3.93. The van der Waals surface area contributed by atoms with Crippen molar-refractivity contribution in [2.45, 2.75) is 50.8 Å². The number of ether oxygens (including phenoxy) is 1. The number of carbonyl (C=O) groups is 3. The van der Waals surface area contributed by atoms with Crippen LogP contribution in [0.5, 0.6) is 0 Å². The molecule has 2 atom stereocenters. The van der Waals surface area contributed by atoms with Gasteiger partial charge in [0.15, 0.2) is 0 Å². The Kier molecular flexibility index (Phi) is 7.85. The molecule has 1 aliphatic heterocycles. The lowest BCUT2D eigenvalue weighted by atomic mass is 10.1. The molecule has 2 N–H and O–H groups in total. The molecule has 1 saturated heterocycles. The van der Waals surface area contributed by atoms with Crippen LogP contribution in [0.3, 0.4) is 0 Å². The van der Waals surface area contributed by atoms with Crippen molar-refractivity contribution in [3.63, 3.8) is 0 Å². The third kappa shape index (κ3) is 6.13. The maximum atomic E-state index is 12.5. The van der Waals surface area contributed by atoms with Crippen molar-refractivity contribution < 1.29 is 24.2 Å². The van der Waals surface area contributed by atoms with Crippen LogP contribution in [-0.2, 0) is 20.9 Å². The molecule has 1 aliphatic rings. The minimum Gasteiger partial charge on any atom is -0.480 e. The number of aliphatic carboxylic acids is 1. The van der Waals surface area contributed by atoms with Crippen molar-refractivity contribution in [2.24, 2.45) is 0 Å². The number of rotatable bonds is 9. The van der Waals surface area contributed by atoms with E-state index in [2.05, 4.69) is 11.9 Å². The van der Waals surface area contributed by atoms with Crippen LogP contribution in [0.1, 0.15) is 37.7 Å². The Morgan fingerprint density at radius 3 is 2.74 bits per heavy atom. The molecule has 146 valence electrons. The van der Waals surface area contributed by atoms with E-state index in [1.54, 1.807) is 6.08 Å². The SMILES string of the molecule is C=CCCC[C@@H](NC(=O)[C@H]1CCCN1C(=O)OCc1ccccc1)C(=O)O. The summed E-state index contributed by atoms with van der Waals surface area (Å²) in [5.41, 5.74) is 0.860. The lowest BCUT2D eigenvalue weighted by Crippen LogP contribution is -2.50. The van der Waals surface area contributed by atoms with E-state index in [4.69, 9.17) is 4.74 Å². The fourth-order valence-corrected chi connectivity index (χ4v) is 3.05. The van der Waals surface area contributed by atoms with Crippen LogP contribution in [-0.4, -0.2) is 46.6 Å². The van der Waals surface area contributed by atoms with Gasteiger partial charge in [-0.25, -0.2) is 9.59 Å². The summed E-state index contributed by atoms with van der Waals surface area (Å²) in [6, 6.07) is 7.61. The lowest BCUT2D eigenvalue weighted by molar-refractivity contribution is -0.142. The number of benzene rings is 1. The number of hydrogen-bond donors (Lipinski definition) is 2. The molecule has 1 fully saturated rings. The van der Waals surface area contributed by atoms with Crippen LogP contribution in [0.4, 0.5) is 4.79 Å². The highest BCUT2D eigenvalue weighted by molar-refractivity contribution is 5.89. The van der Waals surface area contributed by atoms with Crippen LogP contribution in [0.15, 0.2) is 43.0 Å². The predicted octanol–water partition coefficient (Wildman–Crippen LogP) is 2.71. The fourth-order valence-electron chi connectivity index (χ4n) is 3.05. The first-order chi connectivity index (χ1) is 13.0. The van der Waals surface area contributed by atoms with Crippen molar-refractivity contribution in [3.8, 4) is 0 Å². The summed E-state index contributed by atoms with van der Waals surface area (Å²) in [5, 5.41) is 11.9. The normalized spacial score (nSPS) is 17.2. The standard InChI is InChI=1S/C20H26N2O5/c1-2-3-5-11-16(19(24)25)21-18(23)17-12-8-13-22(17)20(26)27-14-15-9-6-4-7-10-15/h2,4,6-7,9-10,16-17H,1,3,5,8,11-14H2,(H,21,23)(H,24,25)/t16-,17-/m1/s1. The zero-order valence-corrected chi connectivity index (χ0v) is 15.3. The van der Waals surface area contributed by atoms with Gasteiger partial charge in [0, 0.05) is 6.54 Å². The van der Waals surface area contributed by atoms with E-state index in [-0.39, 0.29) is 6.61 Å². The molecule has 0 spiro atoms. The number of carboxylic acids is 1. The van der Waals surface area contributed by atoms with Crippen molar-refractivity contribution in [1.82, 2.24) is 10.2 Å². The molecular formula is C20H26N2O5. The van der Waals surface area contributed by atoms with E-state index in [1.165, 1.54) is 4.90 Å². The molecule has 0 bridgehead atoms. The Morgan fingerprint density at radius 1 is 1.33 bits per heavy atom. The summed E-state index contributed by atoms with van der Waals surface area (Å²) in [4.78, 5) is 37.6. The monoisotopic (exact) mass is 374 g/mol. The zero-order chi connectivity index (χ0) is 19.6. The third-order valence-corrected chi connectivity index (χ3v) is 4.51. The van der Waals surface area contributed by atoms with Crippen LogP contribution in [0.25, 0.3) is 0 Å². The average molecular weight is 374 g/mol. The summed E-state index contributed by atoms with van der Waals surface area (Å²) >= 11 is 0. The number of nitrogens with one attached hydrogen (secondary N) is 1. The number of carbonyl (C=O) groups excluding carboxylic acids is 2. The lowest BCUT2D eigenvalue weighted by Gasteiger charge is -2.25. The molecule has 0 radical (unpaired) electrons. The molecule has 2 amide bonds. The smallest absolute Gasteiger partial charge is 0.410 e. The van der Waals surface area contributed by atoms with Gasteiger partial charge >= 0.3 is 12.1 Å². The van der Waals surface area contributed by atoms with Crippen molar-refractivity contribution in [2.75, 3.05) is 6.54 Å². The number of carboxylic acid groups (broad SMARTS) is 1. The van der Waals surface area contributed by atoms with Crippen LogP contribution < -0.4 is 5.32 Å². The van der Waals surface area contributed by atoms with E-state index in [9.17, 15) is 19.5 Å². The topological polar surface area (TPSA) is 95.9 Å². The molecule has 0 saturated carbocycles. The molecule has 7 nitrogen and oxygen atoms in total. The molecule has 1 aromatic rings. The van der Waals surface area contributed by atoms with Crippen molar-refractivity contribution in [1.29, 1.82) is 0 Å². The maximum Gasteiger partial charge on any atom is 0.410 e. The van der Waals surface area contributed by atoms with Gasteiger partial charge in [-0.05, 0) is 37.7 Å². The molecular weight excluding hydrogens is 348 g/mol. The molecule has 7 heteroatoms. The average Bonchev–Trinajstić information content (AvgIpc) is 3.16. The van der Waals surface area contributed by atoms with Gasteiger partial charge in [0.25, 0.3) is 0 Å². The number of hydrogen-bond acceptors (Lipinski definition) is 4. The summed E-state index contributed by atoms with van der Waals surface area (Å²) < 4.78 is 5.30. The number of nitrogens with zero attached hydrogens (tertiary/aromatic N) is 1. The van der Waals surface area contributed by atoms with Gasteiger partial charge in [-0.3, -0.25) is 9.69 Å². The van der Waals surface area contributed by atoms with E-state index < -0.39 is 30.1 Å². The second-order valence-corrected chi connectivity index (χ2v) is 6.51. The van der Waals surface area contributed by atoms with Crippen molar-refractivity contribution in [3.05, 3.63) is 48.6 Å². The second kappa shape index (κ2) is 10.4. The van der Waals surface area contributed by atoms with Gasteiger partial charge in [0.05, 0.1) is 0 Å². The molecule has 2 rings (SSSR count). The predicted molar refractivity (Wildman–Crippen MR) is 100.0 cm³/mol. The second-order valence-electron chi connectivity index (χ2n) is 6.51. The molecule has 1 aromatic carbocycles. The van der Waals surface area contributed by atoms with Gasteiger partial charge in [0.1, 0.15) is 18.7 Å². The van der Waals surface area contributed by atoms with Crippen LogP contribution in [0, 0.1) is 0 Å². The summed E-state index contributed by atoms with van der Waals surface area (Å²) in [6.45, 7) is 4.15. The minimum atomic E-state index is -1.08. The molecule has 1 heterocycles. The fraction of sp³-hybridized carbons (Fsp3) is 0.450. The number of unbranched alkanes of at least 4 members (excludes halogenated alkanes) is 1. The zero-order valence-electron chi connectivity index (χ0n) is 15.3. The minimum absolute atomic E-state index is 0.129. The van der Waals surface area contributed by atoms with Gasteiger partial charge in [-0.2, -0.15) is 0 Å². The molecule has 0 aromatic heterocycles. The Hall–Kier alpha value is -2.83. The van der Waals surface area contributed by atoms with E-state index in [1.807, 2.05) is 30.3 Å².